The lowest BCUT2D eigenvalue weighted by Gasteiger charge is -2.22. The fourth-order valence-electron chi connectivity index (χ4n) is 3.01. The third-order valence-electron chi connectivity index (χ3n) is 4.34. The zero-order valence-electron chi connectivity index (χ0n) is 13.2. The Morgan fingerprint density at radius 2 is 2.09 bits per heavy atom. The van der Waals surface area contributed by atoms with Gasteiger partial charge in [0.15, 0.2) is 0 Å². The molecule has 0 saturated carbocycles. The summed E-state index contributed by atoms with van der Waals surface area (Å²) in [6, 6.07) is 7.50. The third kappa shape index (κ3) is 3.41. The van der Waals surface area contributed by atoms with E-state index < -0.39 is 0 Å². The summed E-state index contributed by atoms with van der Waals surface area (Å²) in [4.78, 5) is 14.6. The van der Waals surface area contributed by atoms with Crippen LogP contribution in [-0.4, -0.2) is 40.1 Å². The van der Waals surface area contributed by atoms with Gasteiger partial charge < -0.3 is 10.6 Å². The number of nitrogens with zero attached hydrogens (tertiary/aromatic N) is 2. The Hall–Kier alpha value is -1.85. The lowest BCUT2D eigenvalue weighted by atomic mass is 10.1. The molecule has 1 fully saturated rings. The summed E-state index contributed by atoms with van der Waals surface area (Å²) < 4.78 is 0. The number of hydrogen-bond acceptors (Lipinski definition) is 3. The third-order valence-corrected chi connectivity index (χ3v) is 4.59. The van der Waals surface area contributed by atoms with Crippen molar-refractivity contribution in [3.63, 3.8) is 0 Å². The fourth-order valence-corrected chi connectivity index (χ4v) is 3.14. The number of aromatic amines is 1. The van der Waals surface area contributed by atoms with Crippen LogP contribution in [0.5, 0.6) is 0 Å². The number of nitrogens with one attached hydrogen (secondary N) is 1. The zero-order chi connectivity index (χ0) is 16.4. The van der Waals surface area contributed by atoms with Crippen LogP contribution < -0.4 is 5.73 Å². The molecule has 1 aromatic heterocycles. The van der Waals surface area contributed by atoms with Crippen LogP contribution in [0.15, 0.2) is 24.3 Å². The van der Waals surface area contributed by atoms with Gasteiger partial charge in [-0.3, -0.25) is 9.89 Å². The molecule has 0 unspecified atom stereocenters. The van der Waals surface area contributed by atoms with E-state index in [9.17, 15) is 4.79 Å². The number of aromatic nitrogens is 2. The van der Waals surface area contributed by atoms with Crippen molar-refractivity contribution in [3.05, 3.63) is 40.5 Å². The predicted octanol–water partition coefficient (Wildman–Crippen LogP) is 2.99. The first-order valence-electron chi connectivity index (χ1n) is 7.92. The lowest BCUT2D eigenvalue weighted by Crippen LogP contribution is -2.40. The van der Waals surface area contributed by atoms with Gasteiger partial charge in [-0.2, -0.15) is 5.10 Å². The SMILES string of the molecule is Cc1c(-c2ccc(Cl)cc2)n[nH]c1C(=O)N1CCCC[C@H](N)C1. The maximum Gasteiger partial charge on any atom is 0.272 e. The van der Waals surface area contributed by atoms with Gasteiger partial charge in [0, 0.05) is 35.3 Å². The molecule has 2 aromatic rings. The molecular formula is C17H21ClN4O. The molecular weight excluding hydrogens is 312 g/mol. The first-order chi connectivity index (χ1) is 11.1. The summed E-state index contributed by atoms with van der Waals surface area (Å²) in [5.41, 5.74) is 9.18. The second-order valence-electron chi connectivity index (χ2n) is 6.09. The van der Waals surface area contributed by atoms with Crippen molar-refractivity contribution in [1.82, 2.24) is 15.1 Å². The van der Waals surface area contributed by atoms with E-state index in [2.05, 4.69) is 10.2 Å². The summed E-state index contributed by atoms with van der Waals surface area (Å²) in [7, 11) is 0. The molecule has 1 saturated heterocycles. The highest BCUT2D eigenvalue weighted by Crippen LogP contribution is 2.25. The fraction of sp³-hybridized carbons (Fsp3) is 0.412. The number of hydrogen-bond donors (Lipinski definition) is 2. The van der Waals surface area contributed by atoms with Gasteiger partial charge in [-0.05, 0) is 31.9 Å². The largest absolute Gasteiger partial charge is 0.336 e. The second kappa shape index (κ2) is 6.72. The Bertz CT molecular complexity index is 695. The number of benzene rings is 1. The van der Waals surface area contributed by atoms with Crippen molar-refractivity contribution < 1.29 is 4.79 Å². The average Bonchev–Trinajstić information content (AvgIpc) is 2.77. The minimum atomic E-state index is -0.0208. The summed E-state index contributed by atoms with van der Waals surface area (Å²) in [5, 5.41) is 7.91. The molecule has 0 spiro atoms. The van der Waals surface area contributed by atoms with E-state index in [-0.39, 0.29) is 11.9 Å². The molecule has 23 heavy (non-hydrogen) atoms. The van der Waals surface area contributed by atoms with Crippen molar-refractivity contribution in [1.29, 1.82) is 0 Å². The van der Waals surface area contributed by atoms with Crippen LogP contribution in [0, 0.1) is 6.92 Å². The number of halogens is 1. The predicted molar refractivity (Wildman–Crippen MR) is 91.5 cm³/mol. The van der Waals surface area contributed by atoms with Gasteiger partial charge in [0.1, 0.15) is 5.69 Å². The monoisotopic (exact) mass is 332 g/mol. The number of nitrogens with two attached hydrogens (primary N) is 1. The van der Waals surface area contributed by atoms with E-state index in [0.29, 0.717) is 17.3 Å². The molecule has 3 rings (SSSR count). The summed E-state index contributed by atoms with van der Waals surface area (Å²) in [5.74, 6) is -0.0208. The molecule has 1 aromatic carbocycles. The molecule has 1 amide bonds. The molecule has 0 bridgehead atoms. The molecule has 0 radical (unpaired) electrons. The summed E-state index contributed by atoms with van der Waals surface area (Å²) in [6.07, 6.45) is 3.04. The van der Waals surface area contributed by atoms with Crippen LogP contribution in [0.3, 0.4) is 0 Å². The van der Waals surface area contributed by atoms with Gasteiger partial charge in [0.05, 0.1) is 5.69 Å². The normalized spacial score (nSPS) is 18.7. The van der Waals surface area contributed by atoms with Crippen LogP contribution in [0.4, 0.5) is 0 Å². The zero-order valence-corrected chi connectivity index (χ0v) is 13.9. The standard InChI is InChI=1S/C17H21ClN4O/c1-11-15(12-5-7-13(18)8-6-12)20-21-16(11)17(23)22-9-3-2-4-14(19)10-22/h5-8,14H,2-4,9-10,19H2,1H3,(H,20,21)/t14-/m0/s1. The second-order valence-corrected chi connectivity index (χ2v) is 6.52. The maximum absolute atomic E-state index is 12.8. The lowest BCUT2D eigenvalue weighted by molar-refractivity contribution is 0.0748. The van der Waals surface area contributed by atoms with Gasteiger partial charge in [-0.1, -0.05) is 30.2 Å². The van der Waals surface area contributed by atoms with Gasteiger partial charge in [-0.25, -0.2) is 0 Å². The molecule has 1 aliphatic heterocycles. The van der Waals surface area contributed by atoms with E-state index in [1.807, 2.05) is 36.1 Å². The van der Waals surface area contributed by atoms with Crippen molar-refractivity contribution >= 4 is 17.5 Å². The minimum absolute atomic E-state index is 0.0208. The van der Waals surface area contributed by atoms with Crippen molar-refractivity contribution in [2.45, 2.75) is 32.2 Å². The van der Waals surface area contributed by atoms with Crippen LogP contribution in [0.25, 0.3) is 11.3 Å². The van der Waals surface area contributed by atoms with Crippen molar-refractivity contribution in [3.8, 4) is 11.3 Å². The Balaban J connectivity index is 1.86. The van der Waals surface area contributed by atoms with Crippen LogP contribution >= 0.6 is 11.6 Å². The molecule has 1 aliphatic rings. The van der Waals surface area contributed by atoms with Gasteiger partial charge in [0.25, 0.3) is 5.91 Å². The van der Waals surface area contributed by atoms with Gasteiger partial charge >= 0.3 is 0 Å². The number of carbonyl (C=O) groups excluding carboxylic acids is 1. The van der Waals surface area contributed by atoms with E-state index in [1.165, 1.54) is 0 Å². The van der Waals surface area contributed by atoms with E-state index in [4.69, 9.17) is 17.3 Å². The van der Waals surface area contributed by atoms with E-state index in [1.54, 1.807) is 0 Å². The minimum Gasteiger partial charge on any atom is -0.336 e. The first kappa shape index (κ1) is 16.0. The highest BCUT2D eigenvalue weighted by molar-refractivity contribution is 6.30. The highest BCUT2D eigenvalue weighted by atomic mass is 35.5. The number of H-pyrrole nitrogens is 1. The molecule has 6 heteroatoms. The molecule has 0 aliphatic carbocycles. The average molecular weight is 333 g/mol. The maximum atomic E-state index is 12.8. The smallest absolute Gasteiger partial charge is 0.272 e. The first-order valence-corrected chi connectivity index (χ1v) is 8.30. The van der Waals surface area contributed by atoms with E-state index >= 15 is 0 Å². The Kier molecular flexibility index (Phi) is 4.68. The Morgan fingerprint density at radius 1 is 1.35 bits per heavy atom. The van der Waals surface area contributed by atoms with Gasteiger partial charge in [-0.15, -0.1) is 0 Å². The molecule has 3 N–H and O–H groups in total. The quantitative estimate of drug-likeness (QED) is 0.887. The topological polar surface area (TPSA) is 75.0 Å². The van der Waals surface area contributed by atoms with Crippen molar-refractivity contribution in [2.24, 2.45) is 5.73 Å². The number of likely N-dealkylation sites (tertiary alicyclic amines) is 1. The van der Waals surface area contributed by atoms with Crippen LogP contribution in [0.2, 0.25) is 5.02 Å². The number of carbonyl (C=O) groups is 1. The van der Waals surface area contributed by atoms with E-state index in [0.717, 1.165) is 42.6 Å². The molecule has 1 atom stereocenters. The van der Waals surface area contributed by atoms with Gasteiger partial charge in [0.2, 0.25) is 0 Å². The molecule has 5 nitrogen and oxygen atoms in total. The summed E-state index contributed by atoms with van der Waals surface area (Å²) in [6.45, 7) is 3.27. The van der Waals surface area contributed by atoms with Crippen LogP contribution in [0.1, 0.15) is 35.3 Å². The molecule has 2 heterocycles. The summed E-state index contributed by atoms with van der Waals surface area (Å²) >= 11 is 5.92. The van der Waals surface area contributed by atoms with Crippen molar-refractivity contribution in [2.75, 3.05) is 13.1 Å². The Morgan fingerprint density at radius 3 is 2.83 bits per heavy atom. The molecule has 122 valence electrons. The highest BCUT2D eigenvalue weighted by Gasteiger charge is 2.25. The number of amides is 1. The number of rotatable bonds is 2. The Labute approximate surface area is 140 Å². The van der Waals surface area contributed by atoms with Crippen LogP contribution in [-0.2, 0) is 0 Å².